The van der Waals surface area contributed by atoms with Crippen LogP contribution in [0, 0.1) is 17.8 Å². The first kappa shape index (κ1) is 22.6. The topological polar surface area (TPSA) is 0 Å². The fourth-order valence-electron chi connectivity index (χ4n) is 5.86. The first-order valence-corrected chi connectivity index (χ1v) is 13.0. The third kappa shape index (κ3) is 7.62. The smallest absolute Gasteiger partial charge is 0.0162 e. The van der Waals surface area contributed by atoms with Crippen LogP contribution >= 0.6 is 0 Å². The van der Waals surface area contributed by atoms with Gasteiger partial charge < -0.3 is 0 Å². The second kappa shape index (κ2) is 12.6. The van der Waals surface area contributed by atoms with Crippen LogP contribution in [0.3, 0.4) is 0 Å². The highest BCUT2D eigenvalue weighted by Crippen LogP contribution is 2.37. The van der Waals surface area contributed by atoms with Crippen LogP contribution in [-0.2, 0) is 6.42 Å². The fraction of sp³-hybridized carbons (Fsp3) is 0.724. The van der Waals surface area contributed by atoms with Gasteiger partial charge in [0.15, 0.2) is 0 Å². The molecule has 2 saturated carbocycles. The van der Waals surface area contributed by atoms with Crippen molar-refractivity contribution in [3.05, 3.63) is 48.0 Å². The number of allylic oxidation sites excluding steroid dienone is 1. The Labute approximate surface area is 181 Å². The highest BCUT2D eigenvalue weighted by molar-refractivity contribution is 5.26. The number of rotatable bonds is 11. The zero-order chi connectivity index (χ0) is 20.3. The van der Waals surface area contributed by atoms with Crippen molar-refractivity contribution in [2.75, 3.05) is 0 Å². The first-order chi connectivity index (χ1) is 14.3. The van der Waals surface area contributed by atoms with Crippen LogP contribution in [0.25, 0.3) is 0 Å². The standard InChI is InChI=1S/C29H46/c1-3-5-6-7-8-9-25-10-12-26(13-11-25)14-15-27-18-22-29(23-19-27)28-20-16-24(4-2)17-21-28/h4,18-19,22-26,28H,2-3,5-17,20-21H2,1H3. The molecule has 0 aliphatic heterocycles. The Kier molecular flexibility index (Phi) is 9.84. The maximum atomic E-state index is 3.98. The van der Waals surface area contributed by atoms with E-state index in [2.05, 4.69) is 43.8 Å². The van der Waals surface area contributed by atoms with E-state index in [1.807, 2.05) is 0 Å². The van der Waals surface area contributed by atoms with Crippen molar-refractivity contribution < 1.29 is 0 Å². The highest BCUT2D eigenvalue weighted by atomic mass is 14.3. The van der Waals surface area contributed by atoms with Gasteiger partial charge in [-0.2, -0.15) is 0 Å². The lowest BCUT2D eigenvalue weighted by Crippen LogP contribution is -2.15. The summed E-state index contributed by atoms with van der Waals surface area (Å²) in [6.07, 6.45) is 24.9. The van der Waals surface area contributed by atoms with Crippen molar-refractivity contribution in [1.29, 1.82) is 0 Å². The van der Waals surface area contributed by atoms with Gasteiger partial charge in [-0.15, -0.1) is 6.58 Å². The van der Waals surface area contributed by atoms with Crippen LogP contribution in [0.1, 0.15) is 120 Å². The lowest BCUT2D eigenvalue weighted by Gasteiger charge is -2.29. The quantitative estimate of drug-likeness (QED) is 0.259. The molecule has 0 nitrogen and oxygen atoms in total. The molecule has 1 aromatic carbocycles. The van der Waals surface area contributed by atoms with E-state index >= 15 is 0 Å². The average Bonchev–Trinajstić information content (AvgIpc) is 2.79. The predicted molar refractivity (Wildman–Crippen MR) is 128 cm³/mol. The van der Waals surface area contributed by atoms with Gasteiger partial charge in [0.25, 0.3) is 0 Å². The molecule has 0 aromatic heterocycles. The molecule has 0 radical (unpaired) electrons. The summed E-state index contributed by atoms with van der Waals surface area (Å²) in [5, 5.41) is 0. The molecule has 29 heavy (non-hydrogen) atoms. The van der Waals surface area contributed by atoms with E-state index in [0.717, 1.165) is 23.7 Å². The molecule has 0 atom stereocenters. The molecule has 0 bridgehead atoms. The number of unbranched alkanes of at least 4 members (excludes halogenated alkanes) is 4. The summed E-state index contributed by atoms with van der Waals surface area (Å²) in [4.78, 5) is 0. The van der Waals surface area contributed by atoms with Gasteiger partial charge in [0.1, 0.15) is 0 Å². The molecule has 3 rings (SSSR count). The molecule has 2 aliphatic carbocycles. The molecule has 2 aliphatic rings. The molecule has 0 N–H and O–H groups in total. The molecule has 0 heteroatoms. The van der Waals surface area contributed by atoms with Gasteiger partial charge >= 0.3 is 0 Å². The molecule has 0 amide bonds. The lowest BCUT2D eigenvalue weighted by molar-refractivity contribution is 0.248. The van der Waals surface area contributed by atoms with Gasteiger partial charge in [0.2, 0.25) is 0 Å². The second-order valence-corrected chi connectivity index (χ2v) is 10.2. The SMILES string of the molecule is C=CC1CCC(c2ccc(CCC3CCC(CCCCCCC)CC3)cc2)CC1. The summed E-state index contributed by atoms with van der Waals surface area (Å²) >= 11 is 0. The molecule has 162 valence electrons. The molecule has 1 aromatic rings. The molecular weight excluding hydrogens is 348 g/mol. The summed E-state index contributed by atoms with van der Waals surface area (Å²) in [5.74, 6) is 3.59. The lowest BCUT2D eigenvalue weighted by atomic mass is 9.77. The Bertz CT molecular complexity index is 552. The van der Waals surface area contributed by atoms with E-state index in [1.165, 1.54) is 103 Å². The number of benzene rings is 1. The number of aryl methyl sites for hydroxylation is 1. The first-order valence-electron chi connectivity index (χ1n) is 13.0. The van der Waals surface area contributed by atoms with Gasteiger partial charge in [0, 0.05) is 0 Å². The summed E-state index contributed by atoms with van der Waals surface area (Å²) in [7, 11) is 0. The maximum Gasteiger partial charge on any atom is -0.0162 e. The third-order valence-corrected chi connectivity index (χ3v) is 8.08. The monoisotopic (exact) mass is 394 g/mol. The summed E-state index contributed by atoms with van der Waals surface area (Å²) in [6, 6.07) is 9.72. The average molecular weight is 395 g/mol. The van der Waals surface area contributed by atoms with Crippen molar-refractivity contribution in [1.82, 2.24) is 0 Å². The van der Waals surface area contributed by atoms with E-state index in [0.29, 0.717) is 0 Å². The minimum Gasteiger partial charge on any atom is -0.103 e. The zero-order valence-corrected chi connectivity index (χ0v) is 19.2. The molecule has 0 spiro atoms. The number of hydrogen-bond donors (Lipinski definition) is 0. The molecule has 2 fully saturated rings. The fourth-order valence-corrected chi connectivity index (χ4v) is 5.86. The molecular formula is C29H46. The maximum absolute atomic E-state index is 3.98. The van der Waals surface area contributed by atoms with E-state index < -0.39 is 0 Å². The highest BCUT2D eigenvalue weighted by Gasteiger charge is 2.22. The van der Waals surface area contributed by atoms with Gasteiger partial charge in [-0.05, 0) is 73.3 Å². The third-order valence-electron chi connectivity index (χ3n) is 8.08. The van der Waals surface area contributed by atoms with Crippen LogP contribution in [-0.4, -0.2) is 0 Å². The van der Waals surface area contributed by atoms with Crippen molar-refractivity contribution in [2.45, 2.75) is 116 Å². The normalized spacial score (nSPS) is 27.6. The van der Waals surface area contributed by atoms with Gasteiger partial charge in [0.05, 0.1) is 0 Å². The summed E-state index contributed by atoms with van der Waals surface area (Å²) in [6.45, 7) is 6.29. The van der Waals surface area contributed by atoms with Gasteiger partial charge in [-0.25, -0.2) is 0 Å². The van der Waals surface area contributed by atoms with E-state index in [-0.39, 0.29) is 0 Å². The largest absolute Gasteiger partial charge is 0.103 e. The van der Waals surface area contributed by atoms with Gasteiger partial charge in [-0.3, -0.25) is 0 Å². The summed E-state index contributed by atoms with van der Waals surface area (Å²) in [5.41, 5.74) is 3.14. The van der Waals surface area contributed by atoms with Crippen molar-refractivity contribution in [3.8, 4) is 0 Å². The molecule has 0 heterocycles. The Morgan fingerprint density at radius 3 is 2.00 bits per heavy atom. The van der Waals surface area contributed by atoms with Crippen molar-refractivity contribution in [3.63, 3.8) is 0 Å². The second-order valence-electron chi connectivity index (χ2n) is 10.2. The Morgan fingerprint density at radius 1 is 0.759 bits per heavy atom. The molecule has 0 unspecified atom stereocenters. The minimum atomic E-state index is 0.765. The van der Waals surface area contributed by atoms with E-state index in [1.54, 1.807) is 11.1 Å². The van der Waals surface area contributed by atoms with Crippen LogP contribution in [0.5, 0.6) is 0 Å². The molecule has 0 saturated heterocycles. The van der Waals surface area contributed by atoms with Gasteiger partial charge in [-0.1, -0.05) is 101 Å². The Balaban J connectivity index is 1.31. The van der Waals surface area contributed by atoms with Crippen LogP contribution < -0.4 is 0 Å². The van der Waals surface area contributed by atoms with E-state index in [9.17, 15) is 0 Å². The van der Waals surface area contributed by atoms with Crippen LogP contribution in [0.2, 0.25) is 0 Å². The van der Waals surface area contributed by atoms with E-state index in [4.69, 9.17) is 0 Å². The van der Waals surface area contributed by atoms with Crippen molar-refractivity contribution in [2.24, 2.45) is 17.8 Å². The predicted octanol–water partition coefficient (Wildman–Crippen LogP) is 9.25. The minimum absolute atomic E-state index is 0.765. The zero-order valence-electron chi connectivity index (χ0n) is 19.2. The van der Waals surface area contributed by atoms with Crippen molar-refractivity contribution >= 4 is 0 Å². The Morgan fingerprint density at radius 2 is 1.38 bits per heavy atom. The summed E-state index contributed by atoms with van der Waals surface area (Å²) < 4.78 is 0. The number of hydrogen-bond acceptors (Lipinski definition) is 0. The van der Waals surface area contributed by atoms with Crippen LogP contribution in [0.15, 0.2) is 36.9 Å². The Hall–Kier alpha value is -1.04. The van der Waals surface area contributed by atoms with Crippen LogP contribution in [0.4, 0.5) is 0 Å².